The fraction of sp³-hybridized carbons (Fsp3) is 0.482. The lowest BCUT2D eigenvalue weighted by molar-refractivity contribution is -0.152. The molecule has 408 valence electrons. The molecular formula is C56H78N8O11. The van der Waals surface area contributed by atoms with E-state index in [1.165, 1.54) is 7.11 Å². The Balaban J connectivity index is 0.000000289. The van der Waals surface area contributed by atoms with Crippen molar-refractivity contribution < 1.29 is 52.4 Å². The molecule has 0 unspecified atom stereocenters. The second-order valence-corrected chi connectivity index (χ2v) is 18.9. The smallest absolute Gasteiger partial charge is 0.410 e. The van der Waals surface area contributed by atoms with Crippen molar-refractivity contribution in [2.45, 2.75) is 58.8 Å². The third-order valence-corrected chi connectivity index (χ3v) is 12.1. The fourth-order valence-corrected chi connectivity index (χ4v) is 7.79. The molecule has 0 aromatic heterocycles. The van der Waals surface area contributed by atoms with E-state index in [9.17, 15) is 24.0 Å². The first-order valence-corrected chi connectivity index (χ1v) is 25.8. The lowest BCUT2D eigenvalue weighted by atomic mass is 10.2. The lowest BCUT2D eigenvalue weighted by Gasteiger charge is -2.35. The number of amides is 4. The molecule has 0 spiro atoms. The maximum atomic E-state index is 13.1. The van der Waals surface area contributed by atoms with Gasteiger partial charge >= 0.3 is 30.3 Å². The van der Waals surface area contributed by atoms with E-state index in [0.717, 1.165) is 22.3 Å². The van der Waals surface area contributed by atoms with E-state index in [2.05, 4.69) is 16.0 Å². The summed E-state index contributed by atoms with van der Waals surface area (Å²) in [6.07, 6.45) is -1.51. The molecule has 2 saturated heterocycles. The number of nitrogens with zero attached hydrogens (tertiary/aromatic N) is 5. The number of carbonyl (C=O) groups is 5. The second kappa shape index (κ2) is 33.2. The molecule has 2 heterocycles. The van der Waals surface area contributed by atoms with Crippen LogP contribution in [0.3, 0.4) is 0 Å². The first-order chi connectivity index (χ1) is 36.4. The van der Waals surface area contributed by atoms with Gasteiger partial charge in [-0.1, -0.05) is 121 Å². The van der Waals surface area contributed by atoms with Crippen LogP contribution in [0.15, 0.2) is 121 Å². The average molecular weight is 1040 g/mol. The van der Waals surface area contributed by atoms with Crippen molar-refractivity contribution in [1.29, 1.82) is 0 Å². The van der Waals surface area contributed by atoms with E-state index in [0.29, 0.717) is 105 Å². The number of nitrogens with one attached hydrogen (secondary N) is 3. The SMILES string of the molecule is COC(=O)[C@@H](COC(C)(C)C)N1CCN(C(=O)OCc2ccccc2)CCNCCN(C(=O)OCc2ccccc2)CC1.O=C(OCc1ccccc1)N1CCNCCN(C(=O)OCc2ccccc2)CCNCC1. The summed E-state index contributed by atoms with van der Waals surface area (Å²) >= 11 is 0. The van der Waals surface area contributed by atoms with Crippen molar-refractivity contribution in [3.63, 3.8) is 0 Å². The van der Waals surface area contributed by atoms with Gasteiger partial charge in [0.05, 0.1) is 19.3 Å². The van der Waals surface area contributed by atoms with Gasteiger partial charge in [-0.15, -0.1) is 0 Å². The molecule has 0 aliphatic carbocycles. The standard InChI is InChI=1S/C32H46N4O7.C24H32N4O4/c1-32(2,3)43-25-28(29(37)40-4)34-19-21-35(30(38)41-23-26-11-7-5-8-12-26)17-15-33-16-18-36(22-20-34)31(39)42-24-27-13-9-6-10-14-27;29-23(31-19-21-7-3-1-4-8-21)27-15-11-25-13-17-28(18-14-26-12-16-27)24(30)32-20-22-9-5-2-6-10-22/h5-14,28,33H,15-25H2,1-4H3;1-10,25-26H,11-20H2/t28-;/m1./s1. The Bertz CT molecular complexity index is 2110. The fourth-order valence-electron chi connectivity index (χ4n) is 7.79. The number of ether oxygens (including phenoxy) is 6. The first kappa shape index (κ1) is 59.1. The average Bonchev–Trinajstić information content (AvgIpc) is 3.42. The van der Waals surface area contributed by atoms with Crippen molar-refractivity contribution >= 4 is 30.3 Å². The van der Waals surface area contributed by atoms with Crippen LogP contribution in [0.1, 0.15) is 43.0 Å². The van der Waals surface area contributed by atoms with Gasteiger partial charge in [0.1, 0.15) is 32.5 Å². The molecule has 0 saturated carbocycles. The monoisotopic (exact) mass is 1040 g/mol. The van der Waals surface area contributed by atoms with E-state index in [4.69, 9.17) is 28.4 Å². The van der Waals surface area contributed by atoms with Crippen molar-refractivity contribution in [2.24, 2.45) is 0 Å². The Morgan fingerprint density at radius 2 is 0.693 bits per heavy atom. The van der Waals surface area contributed by atoms with Crippen molar-refractivity contribution in [1.82, 2.24) is 40.4 Å². The quantitative estimate of drug-likeness (QED) is 0.111. The molecule has 0 bridgehead atoms. The molecule has 1 atom stereocenters. The zero-order valence-corrected chi connectivity index (χ0v) is 44.2. The van der Waals surface area contributed by atoms with Crippen LogP contribution in [0, 0.1) is 0 Å². The van der Waals surface area contributed by atoms with Crippen LogP contribution in [0.5, 0.6) is 0 Å². The Kier molecular flexibility index (Phi) is 26.2. The summed E-state index contributed by atoms with van der Waals surface area (Å²) in [7, 11) is 1.34. The van der Waals surface area contributed by atoms with Crippen LogP contribution in [0.2, 0.25) is 0 Å². The number of carbonyl (C=O) groups excluding carboxylic acids is 5. The van der Waals surface area contributed by atoms with Gasteiger partial charge in [-0.25, -0.2) is 19.2 Å². The zero-order valence-electron chi connectivity index (χ0n) is 44.2. The number of methoxy groups -OCH3 is 1. The van der Waals surface area contributed by atoms with Gasteiger partial charge in [-0.05, 0) is 43.0 Å². The van der Waals surface area contributed by atoms with E-state index < -0.39 is 29.8 Å². The molecule has 2 aliphatic heterocycles. The maximum absolute atomic E-state index is 13.1. The predicted octanol–water partition coefficient (Wildman–Crippen LogP) is 5.98. The highest BCUT2D eigenvalue weighted by molar-refractivity contribution is 5.76. The summed E-state index contributed by atoms with van der Waals surface area (Å²) in [6, 6.07) is 37.6. The molecule has 4 amide bonds. The Labute approximate surface area is 442 Å². The van der Waals surface area contributed by atoms with Crippen LogP contribution in [-0.2, 0) is 59.6 Å². The molecule has 6 rings (SSSR count). The molecule has 3 N–H and O–H groups in total. The summed E-state index contributed by atoms with van der Waals surface area (Å²) in [5.74, 6) is -0.450. The number of rotatable bonds is 12. The molecule has 2 fully saturated rings. The molecule has 2 aliphatic rings. The van der Waals surface area contributed by atoms with Crippen LogP contribution in [-0.4, -0.2) is 185 Å². The van der Waals surface area contributed by atoms with E-state index in [1.807, 2.05) is 147 Å². The second-order valence-electron chi connectivity index (χ2n) is 18.9. The Morgan fingerprint density at radius 1 is 0.427 bits per heavy atom. The van der Waals surface area contributed by atoms with Gasteiger partial charge in [0.25, 0.3) is 0 Å². The van der Waals surface area contributed by atoms with E-state index in [-0.39, 0.29) is 45.2 Å². The van der Waals surface area contributed by atoms with Gasteiger partial charge in [0, 0.05) is 105 Å². The number of benzene rings is 4. The summed E-state index contributed by atoms with van der Waals surface area (Å²) in [6.45, 7) is 14.4. The highest BCUT2D eigenvalue weighted by Gasteiger charge is 2.31. The first-order valence-electron chi connectivity index (χ1n) is 25.8. The van der Waals surface area contributed by atoms with Crippen LogP contribution < -0.4 is 16.0 Å². The number of hydrogen-bond donors (Lipinski definition) is 3. The molecule has 4 aromatic carbocycles. The molecular weight excluding hydrogens is 961 g/mol. The number of esters is 1. The molecule has 4 aromatic rings. The summed E-state index contributed by atoms with van der Waals surface area (Å²) in [5, 5.41) is 9.91. The van der Waals surface area contributed by atoms with Crippen molar-refractivity contribution in [3.8, 4) is 0 Å². The van der Waals surface area contributed by atoms with Gasteiger partial charge in [-0.3, -0.25) is 9.69 Å². The minimum atomic E-state index is -0.741. The van der Waals surface area contributed by atoms with Crippen LogP contribution in [0.4, 0.5) is 19.2 Å². The largest absolute Gasteiger partial charge is 0.468 e. The highest BCUT2D eigenvalue weighted by Crippen LogP contribution is 2.14. The molecule has 75 heavy (non-hydrogen) atoms. The normalized spacial score (nSPS) is 16.2. The molecule has 19 nitrogen and oxygen atoms in total. The predicted molar refractivity (Wildman–Crippen MR) is 284 cm³/mol. The Hall–Kier alpha value is -6.77. The third kappa shape index (κ3) is 23.1. The lowest BCUT2D eigenvalue weighted by Crippen LogP contribution is -2.53. The minimum Gasteiger partial charge on any atom is -0.468 e. The minimum absolute atomic E-state index is 0.0919. The maximum Gasteiger partial charge on any atom is 0.410 e. The summed E-state index contributed by atoms with van der Waals surface area (Å²) in [5.41, 5.74) is 3.24. The summed E-state index contributed by atoms with van der Waals surface area (Å²) in [4.78, 5) is 72.8. The van der Waals surface area contributed by atoms with Gasteiger partial charge in [-0.2, -0.15) is 0 Å². The van der Waals surface area contributed by atoms with Crippen LogP contribution in [0.25, 0.3) is 0 Å². The van der Waals surface area contributed by atoms with Crippen molar-refractivity contribution in [2.75, 3.05) is 118 Å². The number of hydrogen-bond acceptors (Lipinski definition) is 15. The zero-order chi connectivity index (χ0) is 53.5. The van der Waals surface area contributed by atoms with E-state index >= 15 is 0 Å². The van der Waals surface area contributed by atoms with Gasteiger partial charge < -0.3 is 64.0 Å². The topological polar surface area (TPSA) is 193 Å². The molecule has 0 radical (unpaired) electrons. The van der Waals surface area contributed by atoms with Crippen LogP contribution >= 0.6 is 0 Å². The summed E-state index contributed by atoms with van der Waals surface area (Å²) < 4.78 is 33.3. The van der Waals surface area contributed by atoms with Gasteiger partial charge in [0.2, 0.25) is 0 Å². The highest BCUT2D eigenvalue weighted by atomic mass is 16.6. The Morgan fingerprint density at radius 3 is 0.947 bits per heavy atom. The molecule has 19 heteroatoms. The van der Waals surface area contributed by atoms with Crippen molar-refractivity contribution in [3.05, 3.63) is 144 Å². The van der Waals surface area contributed by atoms with E-state index in [1.54, 1.807) is 19.6 Å². The third-order valence-electron chi connectivity index (χ3n) is 12.1. The van der Waals surface area contributed by atoms with Gasteiger partial charge in [0.15, 0.2) is 0 Å².